The normalized spacial score (nSPS) is 10.5. The number of rotatable bonds is 5. The molecular weight excluding hydrogens is 198 g/mol. The first kappa shape index (κ1) is 12.8. The maximum absolute atomic E-state index is 11.4. The molecule has 0 heterocycles. The summed E-state index contributed by atoms with van der Waals surface area (Å²) < 4.78 is 0. The standard InChI is InChI=1S/C14H21NO/c1-11(2)10-14(16)15-9-8-13-7-5-4-6-12(13)3/h4-7,11H,8-10H2,1-3H3,(H,15,16). The van der Waals surface area contributed by atoms with Gasteiger partial charge in [0.25, 0.3) is 0 Å². The fraction of sp³-hybridized carbons (Fsp3) is 0.500. The summed E-state index contributed by atoms with van der Waals surface area (Å²) in [6.45, 7) is 6.95. The van der Waals surface area contributed by atoms with Gasteiger partial charge >= 0.3 is 0 Å². The maximum atomic E-state index is 11.4. The zero-order valence-corrected chi connectivity index (χ0v) is 10.4. The van der Waals surface area contributed by atoms with E-state index in [9.17, 15) is 4.79 Å². The lowest BCUT2D eigenvalue weighted by molar-refractivity contribution is -0.121. The first-order valence-corrected chi connectivity index (χ1v) is 5.91. The largest absolute Gasteiger partial charge is 0.356 e. The van der Waals surface area contributed by atoms with Gasteiger partial charge in [-0.3, -0.25) is 4.79 Å². The highest BCUT2D eigenvalue weighted by molar-refractivity contribution is 5.76. The molecule has 0 bridgehead atoms. The zero-order chi connectivity index (χ0) is 12.0. The van der Waals surface area contributed by atoms with Crippen molar-refractivity contribution < 1.29 is 4.79 Å². The molecule has 88 valence electrons. The fourth-order valence-electron chi connectivity index (χ4n) is 1.67. The molecule has 2 heteroatoms. The Labute approximate surface area is 98.1 Å². The van der Waals surface area contributed by atoms with Crippen molar-refractivity contribution in [2.24, 2.45) is 5.92 Å². The average molecular weight is 219 g/mol. The first-order chi connectivity index (χ1) is 7.59. The smallest absolute Gasteiger partial charge is 0.220 e. The summed E-state index contributed by atoms with van der Waals surface area (Å²) >= 11 is 0. The second-order valence-electron chi connectivity index (χ2n) is 4.62. The van der Waals surface area contributed by atoms with Gasteiger partial charge in [-0.1, -0.05) is 38.1 Å². The second kappa shape index (κ2) is 6.31. The van der Waals surface area contributed by atoms with E-state index in [1.54, 1.807) is 0 Å². The van der Waals surface area contributed by atoms with Crippen molar-refractivity contribution in [2.45, 2.75) is 33.6 Å². The summed E-state index contributed by atoms with van der Waals surface area (Å²) in [5, 5.41) is 2.95. The summed E-state index contributed by atoms with van der Waals surface area (Å²) in [5.74, 6) is 0.585. The van der Waals surface area contributed by atoms with Crippen LogP contribution in [0.5, 0.6) is 0 Å². The van der Waals surface area contributed by atoms with Gasteiger partial charge < -0.3 is 5.32 Å². The Balaban J connectivity index is 2.31. The van der Waals surface area contributed by atoms with Crippen LogP contribution >= 0.6 is 0 Å². The zero-order valence-electron chi connectivity index (χ0n) is 10.4. The second-order valence-corrected chi connectivity index (χ2v) is 4.62. The van der Waals surface area contributed by atoms with Crippen molar-refractivity contribution in [1.82, 2.24) is 5.32 Å². The molecular formula is C14H21NO. The average Bonchev–Trinajstić information content (AvgIpc) is 2.19. The molecule has 0 atom stereocenters. The van der Waals surface area contributed by atoms with Gasteiger partial charge in [-0.2, -0.15) is 0 Å². The molecule has 0 saturated carbocycles. The molecule has 1 rings (SSSR count). The van der Waals surface area contributed by atoms with Gasteiger partial charge in [-0.25, -0.2) is 0 Å². The van der Waals surface area contributed by atoms with Crippen molar-refractivity contribution in [1.29, 1.82) is 0 Å². The monoisotopic (exact) mass is 219 g/mol. The van der Waals surface area contributed by atoms with E-state index in [0.717, 1.165) is 13.0 Å². The molecule has 0 unspecified atom stereocenters. The SMILES string of the molecule is Cc1ccccc1CCNC(=O)CC(C)C. The Hall–Kier alpha value is -1.31. The highest BCUT2D eigenvalue weighted by Crippen LogP contribution is 2.07. The lowest BCUT2D eigenvalue weighted by atomic mass is 10.1. The van der Waals surface area contributed by atoms with Gasteiger partial charge in [0, 0.05) is 13.0 Å². The van der Waals surface area contributed by atoms with E-state index < -0.39 is 0 Å². The number of hydrogen-bond donors (Lipinski definition) is 1. The Morgan fingerprint density at radius 3 is 2.62 bits per heavy atom. The number of amides is 1. The minimum Gasteiger partial charge on any atom is -0.356 e. The van der Waals surface area contributed by atoms with E-state index >= 15 is 0 Å². The Bertz CT molecular complexity index is 344. The topological polar surface area (TPSA) is 29.1 Å². The van der Waals surface area contributed by atoms with Crippen LogP contribution in [-0.2, 0) is 11.2 Å². The molecule has 1 N–H and O–H groups in total. The molecule has 0 radical (unpaired) electrons. The Morgan fingerprint density at radius 1 is 1.31 bits per heavy atom. The van der Waals surface area contributed by atoms with Gasteiger partial charge in [-0.05, 0) is 30.4 Å². The molecule has 16 heavy (non-hydrogen) atoms. The molecule has 1 amide bonds. The molecule has 0 saturated heterocycles. The van der Waals surface area contributed by atoms with Crippen molar-refractivity contribution in [3.05, 3.63) is 35.4 Å². The summed E-state index contributed by atoms with van der Waals surface area (Å²) in [6, 6.07) is 8.30. The number of hydrogen-bond acceptors (Lipinski definition) is 1. The van der Waals surface area contributed by atoms with Gasteiger partial charge in [0.1, 0.15) is 0 Å². The number of benzene rings is 1. The van der Waals surface area contributed by atoms with Crippen LogP contribution in [0.2, 0.25) is 0 Å². The molecule has 2 nitrogen and oxygen atoms in total. The van der Waals surface area contributed by atoms with Crippen LogP contribution in [0.1, 0.15) is 31.4 Å². The van der Waals surface area contributed by atoms with Gasteiger partial charge in [0.15, 0.2) is 0 Å². The molecule has 0 spiro atoms. The Morgan fingerprint density at radius 2 is 2.00 bits per heavy atom. The first-order valence-electron chi connectivity index (χ1n) is 5.91. The molecule has 0 aliphatic rings. The van der Waals surface area contributed by atoms with Gasteiger partial charge in [-0.15, -0.1) is 0 Å². The van der Waals surface area contributed by atoms with Crippen molar-refractivity contribution in [3.63, 3.8) is 0 Å². The highest BCUT2D eigenvalue weighted by Gasteiger charge is 2.04. The van der Waals surface area contributed by atoms with Gasteiger partial charge in [0.05, 0.1) is 0 Å². The minimum absolute atomic E-state index is 0.156. The van der Waals surface area contributed by atoms with E-state index in [2.05, 4.69) is 38.2 Å². The highest BCUT2D eigenvalue weighted by atomic mass is 16.1. The lowest BCUT2D eigenvalue weighted by Gasteiger charge is -2.08. The van der Waals surface area contributed by atoms with Crippen LogP contribution in [0.4, 0.5) is 0 Å². The van der Waals surface area contributed by atoms with Crippen molar-refractivity contribution in [2.75, 3.05) is 6.54 Å². The number of carbonyl (C=O) groups is 1. The van der Waals surface area contributed by atoms with E-state index in [4.69, 9.17) is 0 Å². The fourth-order valence-corrected chi connectivity index (χ4v) is 1.67. The van der Waals surface area contributed by atoms with Crippen LogP contribution in [0.15, 0.2) is 24.3 Å². The molecule has 1 aromatic rings. The minimum atomic E-state index is 0.156. The van der Waals surface area contributed by atoms with Crippen molar-refractivity contribution in [3.8, 4) is 0 Å². The molecule has 0 aliphatic carbocycles. The quantitative estimate of drug-likeness (QED) is 0.810. The van der Waals surface area contributed by atoms with E-state index in [-0.39, 0.29) is 5.91 Å². The van der Waals surface area contributed by atoms with E-state index in [1.807, 2.05) is 12.1 Å². The van der Waals surface area contributed by atoms with Crippen LogP contribution < -0.4 is 5.32 Å². The van der Waals surface area contributed by atoms with Gasteiger partial charge in [0.2, 0.25) is 5.91 Å². The van der Waals surface area contributed by atoms with Crippen molar-refractivity contribution >= 4 is 5.91 Å². The third-order valence-corrected chi connectivity index (χ3v) is 2.57. The maximum Gasteiger partial charge on any atom is 0.220 e. The third-order valence-electron chi connectivity index (χ3n) is 2.57. The summed E-state index contributed by atoms with van der Waals surface area (Å²) in [5.41, 5.74) is 2.60. The number of aryl methyl sites for hydroxylation is 1. The lowest BCUT2D eigenvalue weighted by Crippen LogP contribution is -2.26. The predicted molar refractivity (Wildman–Crippen MR) is 67.3 cm³/mol. The Kier molecular flexibility index (Phi) is 5.03. The van der Waals surface area contributed by atoms with Crippen LogP contribution in [-0.4, -0.2) is 12.5 Å². The van der Waals surface area contributed by atoms with Crippen LogP contribution in [0.3, 0.4) is 0 Å². The number of carbonyl (C=O) groups excluding carboxylic acids is 1. The molecule has 0 aromatic heterocycles. The van der Waals surface area contributed by atoms with Crippen LogP contribution in [0.25, 0.3) is 0 Å². The molecule has 0 fully saturated rings. The predicted octanol–water partition coefficient (Wildman–Crippen LogP) is 2.70. The molecule has 0 aliphatic heterocycles. The van der Waals surface area contributed by atoms with Crippen LogP contribution in [0, 0.1) is 12.8 Å². The summed E-state index contributed by atoms with van der Waals surface area (Å²) in [7, 11) is 0. The van der Waals surface area contributed by atoms with E-state index in [1.165, 1.54) is 11.1 Å². The molecule has 1 aromatic carbocycles. The number of nitrogens with one attached hydrogen (secondary N) is 1. The summed E-state index contributed by atoms with van der Waals surface area (Å²) in [4.78, 5) is 11.4. The van der Waals surface area contributed by atoms with E-state index in [0.29, 0.717) is 12.3 Å². The third kappa shape index (κ3) is 4.47. The summed E-state index contributed by atoms with van der Waals surface area (Å²) in [6.07, 6.45) is 1.53.